The van der Waals surface area contributed by atoms with E-state index >= 15 is 0 Å². The molecule has 3 aliphatic rings. The van der Waals surface area contributed by atoms with Gasteiger partial charge in [0, 0.05) is 24.4 Å². The standard InChI is InChI=1S/C17H24N2/c1-2-10-3-6-13(19-9-10)8-14(18)17-15-11-4-5-12(7-11)16(15)17/h3,6,9,11-12,14-17H,2,4-5,7-8,18H2,1H3. The Kier molecular flexibility index (Phi) is 2.70. The molecule has 2 bridgehead atoms. The van der Waals surface area contributed by atoms with Gasteiger partial charge in [-0.2, -0.15) is 0 Å². The van der Waals surface area contributed by atoms with Crippen LogP contribution in [0.3, 0.4) is 0 Å². The van der Waals surface area contributed by atoms with Crippen molar-refractivity contribution in [3.05, 3.63) is 29.6 Å². The molecule has 102 valence electrons. The number of nitrogens with zero attached hydrogens (tertiary/aromatic N) is 1. The van der Waals surface area contributed by atoms with E-state index in [2.05, 4.69) is 24.0 Å². The lowest BCUT2D eigenvalue weighted by molar-refractivity contribution is 0.408. The topological polar surface area (TPSA) is 38.9 Å². The number of rotatable bonds is 4. The number of fused-ring (bicyclic) bond motifs is 5. The molecule has 0 spiro atoms. The molecule has 0 aromatic carbocycles. The maximum atomic E-state index is 6.48. The van der Waals surface area contributed by atoms with Crippen molar-refractivity contribution in [2.24, 2.45) is 35.3 Å². The number of hydrogen-bond donors (Lipinski definition) is 1. The van der Waals surface area contributed by atoms with E-state index in [9.17, 15) is 0 Å². The third-order valence-corrected chi connectivity index (χ3v) is 6.03. The molecule has 3 fully saturated rings. The molecule has 2 heteroatoms. The Labute approximate surface area is 115 Å². The summed E-state index contributed by atoms with van der Waals surface area (Å²) in [7, 11) is 0. The van der Waals surface area contributed by atoms with Gasteiger partial charge in [-0.15, -0.1) is 0 Å². The SMILES string of the molecule is CCc1ccc(CC(N)C2C3C4CCC(C4)C23)nc1. The van der Waals surface area contributed by atoms with Gasteiger partial charge in [-0.25, -0.2) is 0 Å². The Morgan fingerprint density at radius 1 is 1.26 bits per heavy atom. The monoisotopic (exact) mass is 256 g/mol. The second kappa shape index (κ2) is 4.31. The summed E-state index contributed by atoms with van der Waals surface area (Å²) >= 11 is 0. The summed E-state index contributed by atoms with van der Waals surface area (Å²) < 4.78 is 0. The molecule has 19 heavy (non-hydrogen) atoms. The summed E-state index contributed by atoms with van der Waals surface area (Å²) in [6.07, 6.45) is 8.54. The van der Waals surface area contributed by atoms with Gasteiger partial charge in [-0.05, 0) is 66.9 Å². The van der Waals surface area contributed by atoms with E-state index in [-0.39, 0.29) is 0 Å². The van der Waals surface area contributed by atoms with E-state index in [1.165, 1.54) is 30.5 Å². The van der Waals surface area contributed by atoms with Crippen LogP contribution in [0, 0.1) is 29.6 Å². The van der Waals surface area contributed by atoms with Crippen molar-refractivity contribution in [3.8, 4) is 0 Å². The van der Waals surface area contributed by atoms with Crippen LogP contribution in [0.1, 0.15) is 37.4 Å². The van der Waals surface area contributed by atoms with Crippen LogP contribution in [0.5, 0.6) is 0 Å². The molecule has 0 aliphatic heterocycles. The smallest absolute Gasteiger partial charge is 0.0419 e. The van der Waals surface area contributed by atoms with E-state index in [1.807, 2.05) is 6.20 Å². The largest absolute Gasteiger partial charge is 0.327 e. The molecule has 0 saturated heterocycles. The Morgan fingerprint density at radius 2 is 2.00 bits per heavy atom. The molecular weight excluding hydrogens is 232 g/mol. The number of hydrogen-bond acceptors (Lipinski definition) is 2. The van der Waals surface area contributed by atoms with Crippen LogP contribution >= 0.6 is 0 Å². The van der Waals surface area contributed by atoms with Crippen molar-refractivity contribution in [3.63, 3.8) is 0 Å². The summed E-state index contributed by atoms with van der Waals surface area (Å²) in [6.45, 7) is 2.17. The zero-order chi connectivity index (χ0) is 13.0. The first-order valence-electron chi connectivity index (χ1n) is 7.97. The minimum absolute atomic E-state index is 0.346. The lowest BCUT2D eigenvalue weighted by Gasteiger charge is -2.15. The van der Waals surface area contributed by atoms with E-state index < -0.39 is 0 Å². The normalized spacial score (nSPS) is 40.2. The van der Waals surface area contributed by atoms with Crippen LogP contribution < -0.4 is 5.73 Å². The van der Waals surface area contributed by atoms with Crippen LogP contribution in [0.2, 0.25) is 0 Å². The average molecular weight is 256 g/mol. The van der Waals surface area contributed by atoms with E-state index in [0.29, 0.717) is 6.04 Å². The highest BCUT2D eigenvalue weighted by Crippen LogP contribution is 2.70. The maximum Gasteiger partial charge on any atom is 0.0419 e. The number of aromatic nitrogens is 1. The predicted octanol–water partition coefficient (Wildman–Crippen LogP) is 2.81. The van der Waals surface area contributed by atoms with Crippen molar-refractivity contribution < 1.29 is 0 Å². The van der Waals surface area contributed by atoms with E-state index in [4.69, 9.17) is 5.73 Å². The zero-order valence-electron chi connectivity index (χ0n) is 11.8. The number of nitrogens with two attached hydrogens (primary N) is 1. The molecule has 1 heterocycles. The Hall–Kier alpha value is -0.890. The van der Waals surface area contributed by atoms with Gasteiger partial charge >= 0.3 is 0 Å². The molecule has 2 nitrogen and oxygen atoms in total. The fourth-order valence-corrected chi connectivity index (χ4v) is 5.13. The molecule has 3 saturated carbocycles. The fraction of sp³-hybridized carbons (Fsp3) is 0.706. The fourth-order valence-electron chi connectivity index (χ4n) is 5.13. The van der Waals surface area contributed by atoms with Crippen molar-refractivity contribution in [2.45, 2.75) is 45.1 Å². The maximum absolute atomic E-state index is 6.48. The molecule has 3 aliphatic carbocycles. The van der Waals surface area contributed by atoms with Crippen molar-refractivity contribution in [2.75, 3.05) is 0 Å². The molecule has 0 amide bonds. The van der Waals surface area contributed by atoms with Gasteiger partial charge in [0.05, 0.1) is 0 Å². The van der Waals surface area contributed by atoms with Crippen molar-refractivity contribution in [1.29, 1.82) is 0 Å². The summed E-state index contributed by atoms with van der Waals surface area (Å²) in [6, 6.07) is 4.72. The minimum atomic E-state index is 0.346. The van der Waals surface area contributed by atoms with Crippen LogP contribution in [-0.4, -0.2) is 11.0 Å². The summed E-state index contributed by atoms with van der Waals surface area (Å²) in [5.74, 6) is 4.86. The molecule has 1 aromatic heterocycles. The van der Waals surface area contributed by atoms with Gasteiger partial charge in [0.25, 0.3) is 0 Å². The molecule has 2 N–H and O–H groups in total. The van der Waals surface area contributed by atoms with Gasteiger partial charge in [-0.1, -0.05) is 13.0 Å². The summed E-state index contributed by atoms with van der Waals surface area (Å²) in [5, 5.41) is 0. The molecule has 0 radical (unpaired) electrons. The highest BCUT2D eigenvalue weighted by Gasteiger charge is 2.65. The van der Waals surface area contributed by atoms with Crippen LogP contribution in [-0.2, 0) is 12.8 Å². The van der Waals surface area contributed by atoms with Gasteiger partial charge in [-0.3, -0.25) is 4.98 Å². The lowest BCUT2D eigenvalue weighted by atomic mass is 9.95. The Bertz CT molecular complexity index is 451. The highest BCUT2D eigenvalue weighted by atomic mass is 14.8. The molecule has 5 unspecified atom stereocenters. The Morgan fingerprint density at radius 3 is 2.58 bits per heavy atom. The van der Waals surface area contributed by atoms with Crippen molar-refractivity contribution in [1.82, 2.24) is 4.98 Å². The lowest BCUT2D eigenvalue weighted by Crippen LogP contribution is -2.29. The first-order chi connectivity index (χ1) is 9.28. The minimum Gasteiger partial charge on any atom is -0.327 e. The van der Waals surface area contributed by atoms with Crippen LogP contribution in [0.4, 0.5) is 0 Å². The first kappa shape index (κ1) is 11.9. The third kappa shape index (κ3) is 1.84. The van der Waals surface area contributed by atoms with E-state index in [0.717, 1.165) is 42.4 Å². The second-order valence-electron chi connectivity index (χ2n) is 6.94. The molecular formula is C17H24N2. The van der Waals surface area contributed by atoms with Crippen molar-refractivity contribution >= 4 is 0 Å². The number of aryl methyl sites for hydroxylation is 1. The second-order valence-corrected chi connectivity index (χ2v) is 6.94. The number of pyridine rings is 1. The van der Waals surface area contributed by atoms with E-state index in [1.54, 1.807) is 0 Å². The van der Waals surface area contributed by atoms with Gasteiger partial charge in [0.15, 0.2) is 0 Å². The molecule has 4 rings (SSSR count). The predicted molar refractivity (Wildman–Crippen MR) is 76.6 cm³/mol. The van der Waals surface area contributed by atoms with Gasteiger partial charge in [0.2, 0.25) is 0 Å². The highest BCUT2D eigenvalue weighted by molar-refractivity contribution is 5.19. The average Bonchev–Trinajstić information content (AvgIpc) is 2.89. The Balaban J connectivity index is 1.41. The van der Waals surface area contributed by atoms with Crippen LogP contribution in [0.25, 0.3) is 0 Å². The summed E-state index contributed by atoms with van der Waals surface area (Å²) in [4.78, 5) is 4.57. The van der Waals surface area contributed by atoms with Gasteiger partial charge < -0.3 is 5.73 Å². The molecule has 1 aromatic rings. The zero-order valence-corrected chi connectivity index (χ0v) is 11.8. The van der Waals surface area contributed by atoms with Crippen LogP contribution in [0.15, 0.2) is 18.3 Å². The molecule has 5 atom stereocenters. The summed E-state index contributed by atoms with van der Waals surface area (Å²) in [5.41, 5.74) is 8.98. The van der Waals surface area contributed by atoms with Gasteiger partial charge in [0.1, 0.15) is 0 Å². The third-order valence-electron chi connectivity index (χ3n) is 6.03. The quantitative estimate of drug-likeness (QED) is 0.899. The first-order valence-corrected chi connectivity index (χ1v) is 7.97.